The summed E-state index contributed by atoms with van der Waals surface area (Å²) in [5.74, 6) is 0.556. The van der Waals surface area contributed by atoms with Crippen LogP contribution in [0.25, 0.3) is 11.4 Å². The fourth-order valence-electron chi connectivity index (χ4n) is 3.86. The highest BCUT2D eigenvalue weighted by molar-refractivity contribution is 5.99. The van der Waals surface area contributed by atoms with Gasteiger partial charge in [0.25, 0.3) is 5.91 Å². The van der Waals surface area contributed by atoms with E-state index in [1.165, 1.54) is 13.2 Å². The first kappa shape index (κ1) is 23.6. The molecule has 3 heterocycles. The van der Waals surface area contributed by atoms with Gasteiger partial charge in [-0.1, -0.05) is 11.2 Å². The Morgan fingerprint density at radius 3 is 2.72 bits per heavy atom. The molecule has 5 rings (SSSR count). The second kappa shape index (κ2) is 10.3. The second-order valence-electron chi connectivity index (χ2n) is 8.53. The number of nitrogens with one attached hydrogen (secondary N) is 2. The molecule has 0 atom stereocenters. The third-order valence-corrected chi connectivity index (χ3v) is 5.89. The van der Waals surface area contributed by atoms with Gasteiger partial charge < -0.3 is 30.4 Å². The molecule has 1 aromatic carbocycles. The zero-order valence-corrected chi connectivity index (χ0v) is 19.7. The first-order valence-electron chi connectivity index (χ1n) is 11.6. The minimum atomic E-state index is -0.772. The van der Waals surface area contributed by atoms with Crippen molar-refractivity contribution >= 4 is 29.0 Å². The third-order valence-electron chi connectivity index (χ3n) is 5.89. The number of para-hydroxylation sites is 1. The van der Waals surface area contributed by atoms with Crippen LogP contribution in [0.1, 0.15) is 29.2 Å². The van der Waals surface area contributed by atoms with Crippen molar-refractivity contribution in [2.75, 3.05) is 44.0 Å². The van der Waals surface area contributed by atoms with Crippen LogP contribution in [0, 0.1) is 5.92 Å². The molecule has 2 fully saturated rings. The molecule has 0 radical (unpaired) electrons. The van der Waals surface area contributed by atoms with Crippen molar-refractivity contribution in [2.45, 2.75) is 19.4 Å². The Labute approximate surface area is 206 Å². The molecule has 2 aromatic heterocycles. The predicted octanol–water partition coefficient (Wildman–Crippen LogP) is 1.56. The van der Waals surface area contributed by atoms with Crippen molar-refractivity contribution in [3.63, 3.8) is 0 Å². The first-order chi connectivity index (χ1) is 17.5. The van der Waals surface area contributed by atoms with Crippen molar-refractivity contribution in [1.29, 1.82) is 0 Å². The smallest absolute Gasteiger partial charge is 0.271 e. The van der Waals surface area contributed by atoms with Crippen LogP contribution in [0.2, 0.25) is 0 Å². The SMILES string of the molecule is COc1c(Nc2cc(NC(=O)C3CC3)nnc2C(N)=O)cccc1-c1noc(CN2CCOCC2)n1. The van der Waals surface area contributed by atoms with Crippen LogP contribution in [0.4, 0.5) is 17.2 Å². The van der Waals surface area contributed by atoms with Gasteiger partial charge in [-0.3, -0.25) is 14.5 Å². The molecule has 13 nitrogen and oxygen atoms in total. The lowest BCUT2D eigenvalue weighted by Gasteiger charge is -2.24. The molecule has 1 aliphatic carbocycles. The first-order valence-corrected chi connectivity index (χ1v) is 11.6. The van der Waals surface area contributed by atoms with Crippen molar-refractivity contribution in [3.8, 4) is 17.1 Å². The second-order valence-corrected chi connectivity index (χ2v) is 8.53. The van der Waals surface area contributed by atoms with Gasteiger partial charge in [0.2, 0.25) is 17.6 Å². The van der Waals surface area contributed by atoms with E-state index in [1.54, 1.807) is 18.2 Å². The minimum Gasteiger partial charge on any atom is -0.494 e. The maximum absolute atomic E-state index is 12.2. The molecule has 1 saturated carbocycles. The monoisotopic (exact) mass is 494 g/mol. The molecule has 0 unspecified atom stereocenters. The highest BCUT2D eigenvalue weighted by Gasteiger charge is 2.30. The van der Waals surface area contributed by atoms with Crippen molar-refractivity contribution in [3.05, 3.63) is 35.9 Å². The molecule has 2 amide bonds. The van der Waals surface area contributed by atoms with E-state index in [-0.39, 0.29) is 29.0 Å². The minimum absolute atomic E-state index is 0.0149. The zero-order valence-electron chi connectivity index (χ0n) is 19.7. The van der Waals surface area contributed by atoms with Gasteiger partial charge in [-0.2, -0.15) is 4.98 Å². The lowest BCUT2D eigenvalue weighted by molar-refractivity contribution is -0.117. The van der Waals surface area contributed by atoms with E-state index in [0.29, 0.717) is 48.5 Å². The molecule has 2 aliphatic rings. The summed E-state index contributed by atoms with van der Waals surface area (Å²) in [6.45, 7) is 3.46. The number of nitrogens with two attached hydrogens (primary N) is 1. The number of hydrogen-bond acceptors (Lipinski definition) is 11. The van der Waals surface area contributed by atoms with Gasteiger partial charge in [-0.05, 0) is 25.0 Å². The van der Waals surface area contributed by atoms with Crippen molar-refractivity contribution < 1.29 is 23.6 Å². The van der Waals surface area contributed by atoms with Gasteiger partial charge in [0.15, 0.2) is 17.3 Å². The number of hydrogen-bond donors (Lipinski definition) is 3. The molecular weight excluding hydrogens is 468 g/mol. The largest absolute Gasteiger partial charge is 0.494 e. The molecular formula is C23H26N8O5. The highest BCUT2D eigenvalue weighted by atomic mass is 16.5. The highest BCUT2D eigenvalue weighted by Crippen LogP contribution is 2.37. The van der Waals surface area contributed by atoms with E-state index < -0.39 is 5.91 Å². The van der Waals surface area contributed by atoms with Crippen LogP contribution in [-0.2, 0) is 16.1 Å². The summed E-state index contributed by atoms with van der Waals surface area (Å²) in [6, 6.07) is 6.85. The van der Waals surface area contributed by atoms with E-state index in [4.69, 9.17) is 19.7 Å². The number of morpholine rings is 1. The Hall–Kier alpha value is -4.10. The number of benzene rings is 1. The molecule has 36 heavy (non-hydrogen) atoms. The lowest BCUT2D eigenvalue weighted by Crippen LogP contribution is -2.35. The summed E-state index contributed by atoms with van der Waals surface area (Å²) in [4.78, 5) is 30.9. The summed E-state index contributed by atoms with van der Waals surface area (Å²) in [5.41, 5.74) is 6.78. The number of aromatic nitrogens is 4. The lowest BCUT2D eigenvalue weighted by atomic mass is 10.1. The number of amides is 2. The van der Waals surface area contributed by atoms with E-state index in [0.717, 1.165) is 25.9 Å². The standard InChI is InChI=1S/C23H26N8O5/c1-34-20-14(22-27-18(36-30-22)12-31-7-9-35-10-8-31)3-2-4-15(20)25-16-11-17(26-23(33)13-5-6-13)28-29-19(16)21(24)32/h2-4,11,13H,5-10,12H2,1H3,(H2,24,32)(H2,25,26,28,33). The van der Waals surface area contributed by atoms with Crippen molar-refractivity contribution in [2.24, 2.45) is 11.7 Å². The molecule has 0 bridgehead atoms. The van der Waals surface area contributed by atoms with Crippen LogP contribution in [0.3, 0.4) is 0 Å². The number of rotatable bonds is 9. The Morgan fingerprint density at radius 1 is 1.19 bits per heavy atom. The number of nitrogens with zero attached hydrogens (tertiary/aromatic N) is 5. The molecule has 1 aliphatic heterocycles. The molecule has 1 saturated heterocycles. The Bertz CT molecular complexity index is 1270. The quantitative estimate of drug-likeness (QED) is 0.394. The fraction of sp³-hybridized carbons (Fsp3) is 0.391. The number of ether oxygens (including phenoxy) is 2. The Kier molecular flexibility index (Phi) is 6.73. The molecule has 0 spiro atoms. The summed E-state index contributed by atoms with van der Waals surface area (Å²) >= 11 is 0. The predicted molar refractivity (Wildman–Crippen MR) is 128 cm³/mol. The fourth-order valence-corrected chi connectivity index (χ4v) is 3.86. The summed E-state index contributed by atoms with van der Waals surface area (Å²) in [6.07, 6.45) is 1.69. The van der Waals surface area contributed by atoms with Gasteiger partial charge in [-0.25, -0.2) is 0 Å². The molecule has 4 N–H and O–H groups in total. The number of primary amides is 1. The topological polar surface area (TPSA) is 171 Å². The Morgan fingerprint density at radius 2 is 2.00 bits per heavy atom. The maximum atomic E-state index is 12.2. The van der Waals surface area contributed by atoms with Crippen LogP contribution in [0.5, 0.6) is 5.75 Å². The van der Waals surface area contributed by atoms with Crippen LogP contribution >= 0.6 is 0 Å². The average Bonchev–Trinajstić information content (AvgIpc) is 3.64. The van der Waals surface area contributed by atoms with Crippen LogP contribution < -0.4 is 21.1 Å². The summed E-state index contributed by atoms with van der Waals surface area (Å²) in [7, 11) is 1.51. The average molecular weight is 495 g/mol. The number of carbonyl (C=O) groups excluding carboxylic acids is 2. The third kappa shape index (κ3) is 5.26. The number of methoxy groups -OCH3 is 1. The van der Waals surface area contributed by atoms with E-state index in [1.807, 2.05) is 0 Å². The Balaban J connectivity index is 1.41. The summed E-state index contributed by atoms with van der Waals surface area (Å²) in [5, 5.41) is 17.8. The zero-order chi connectivity index (χ0) is 25.1. The number of carbonyl (C=O) groups is 2. The summed E-state index contributed by atoms with van der Waals surface area (Å²) < 4.78 is 16.5. The van der Waals surface area contributed by atoms with Crippen molar-refractivity contribution in [1.82, 2.24) is 25.2 Å². The van der Waals surface area contributed by atoms with Gasteiger partial charge >= 0.3 is 0 Å². The van der Waals surface area contributed by atoms with Gasteiger partial charge in [0, 0.05) is 25.1 Å². The van der Waals surface area contributed by atoms with E-state index in [9.17, 15) is 9.59 Å². The van der Waals surface area contributed by atoms with E-state index in [2.05, 4.69) is 35.9 Å². The van der Waals surface area contributed by atoms with Gasteiger partial charge in [-0.15, -0.1) is 10.2 Å². The normalized spacial score (nSPS) is 15.9. The number of anilines is 3. The van der Waals surface area contributed by atoms with Gasteiger partial charge in [0.05, 0.1) is 43.8 Å². The van der Waals surface area contributed by atoms with E-state index >= 15 is 0 Å². The maximum Gasteiger partial charge on any atom is 0.271 e. The molecule has 13 heteroatoms. The molecule has 3 aromatic rings. The molecule has 188 valence electrons. The van der Waals surface area contributed by atoms with Crippen LogP contribution in [-0.4, -0.2) is 70.5 Å². The van der Waals surface area contributed by atoms with Gasteiger partial charge in [0.1, 0.15) is 0 Å². The van der Waals surface area contributed by atoms with Crippen LogP contribution in [0.15, 0.2) is 28.8 Å².